The van der Waals surface area contributed by atoms with E-state index < -0.39 is 16.0 Å². The van der Waals surface area contributed by atoms with Gasteiger partial charge in [0.1, 0.15) is 0 Å². The van der Waals surface area contributed by atoms with Gasteiger partial charge in [-0.2, -0.15) is 0 Å². The number of benzene rings is 1. The van der Waals surface area contributed by atoms with Crippen LogP contribution in [0.25, 0.3) is 0 Å². The van der Waals surface area contributed by atoms with Gasteiger partial charge in [0.05, 0.1) is 11.8 Å². The molecule has 0 aliphatic carbocycles. The van der Waals surface area contributed by atoms with Crippen LogP contribution in [0, 0.1) is 0 Å². The van der Waals surface area contributed by atoms with Gasteiger partial charge in [-0.3, -0.25) is 0 Å². The third kappa shape index (κ3) is 3.78. The lowest BCUT2D eigenvalue weighted by atomic mass is 10.0. The van der Waals surface area contributed by atoms with E-state index in [1.54, 1.807) is 18.2 Å². The zero-order valence-electron chi connectivity index (χ0n) is 10.1. The maximum Gasteiger partial charge on any atom is 0.379 e. The molecule has 0 saturated heterocycles. The number of rotatable bonds is 5. The van der Waals surface area contributed by atoms with Crippen LogP contribution in [0.1, 0.15) is 15.9 Å². The average Bonchev–Trinajstić information content (AvgIpc) is 2.34. The fourth-order valence-electron chi connectivity index (χ4n) is 1.42. The first-order valence-electron chi connectivity index (χ1n) is 5.18. The predicted octanol–water partition coefficient (Wildman–Crippen LogP) is 1.16. The lowest BCUT2D eigenvalue weighted by Crippen LogP contribution is -2.28. The topological polar surface area (TPSA) is 63.7 Å². The molecule has 0 heterocycles. The quantitative estimate of drug-likeness (QED) is 0.809. The van der Waals surface area contributed by atoms with E-state index >= 15 is 0 Å². The van der Waals surface area contributed by atoms with Gasteiger partial charge in [-0.15, -0.1) is 0 Å². The van der Waals surface area contributed by atoms with Crippen LogP contribution in [0.4, 0.5) is 4.53 Å². The number of hydrogen-bond acceptors (Lipinski definition) is 4. The maximum atomic E-state index is 11.9. The van der Waals surface area contributed by atoms with E-state index in [1.807, 2.05) is 0 Å². The summed E-state index contributed by atoms with van der Waals surface area (Å²) in [6.07, 6.45) is 1.39. The Morgan fingerprint density at radius 1 is 1.39 bits per heavy atom. The molecule has 7 heteroatoms. The molecule has 1 aromatic rings. The molecule has 0 spiro atoms. The van der Waals surface area contributed by atoms with Crippen molar-refractivity contribution in [1.82, 2.24) is 4.31 Å². The summed E-state index contributed by atoms with van der Waals surface area (Å²) in [7, 11) is -1.83. The molecule has 0 bridgehead atoms. The molecule has 0 N–H and O–H groups in total. The van der Waals surface area contributed by atoms with Crippen molar-refractivity contribution in [2.75, 3.05) is 19.8 Å². The highest BCUT2D eigenvalue weighted by atomic mass is 32.2. The van der Waals surface area contributed by atoms with Crippen molar-refractivity contribution in [3.05, 3.63) is 35.4 Å². The van der Waals surface area contributed by atoms with Gasteiger partial charge in [-0.25, -0.2) is 22.5 Å². The van der Waals surface area contributed by atoms with E-state index in [1.165, 1.54) is 13.1 Å². The molecule has 0 amide bonds. The fourth-order valence-corrected chi connectivity index (χ4v) is 1.85. The summed E-state index contributed by atoms with van der Waals surface area (Å²) in [5.41, 5.74) is 0.637. The van der Waals surface area contributed by atoms with Crippen LogP contribution >= 0.6 is 0 Å². The molecule has 18 heavy (non-hydrogen) atoms. The Balaban J connectivity index is 2.83. The molecule has 0 aliphatic heterocycles. The molecule has 1 rings (SSSR count). The minimum absolute atomic E-state index is 0.0990. The van der Waals surface area contributed by atoms with Gasteiger partial charge in [-0.05, 0) is 18.1 Å². The maximum absolute atomic E-state index is 11.9. The SMILES string of the molecule is CN(CCc1ccccc1C(=O)OF)S(C)(=O)=O. The van der Waals surface area contributed by atoms with Gasteiger partial charge in [0.25, 0.3) is 0 Å². The van der Waals surface area contributed by atoms with Gasteiger partial charge < -0.3 is 0 Å². The average molecular weight is 275 g/mol. The smallest absolute Gasteiger partial charge is 0.249 e. The molecule has 1 aromatic carbocycles. The molecule has 0 aromatic heterocycles. The van der Waals surface area contributed by atoms with E-state index in [0.717, 1.165) is 10.6 Å². The van der Waals surface area contributed by atoms with Crippen LogP contribution in [0.2, 0.25) is 0 Å². The Labute approximate surface area is 105 Å². The first-order chi connectivity index (χ1) is 8.36. The predicted molar refractivity (Wildman–Crippen MR) is 64.1 cm³/mol. The van der Waals surface area contributed by atoms with E-state index in [2.05, 4.69) is 4.94 Å². The lowest BCUT2D eigenvalue weighted by Gasteiger charge is -2.14. The highest BCUT2D eigenvalue weighted by Gasteiger charge is 2.15. The number of likely N-dealkylation sites (N-methyl/N-ethyl adjacent to an activating group) is 1. The van der Waals surface area contributed by atoms with Gasteiger partial charge in [-0.1, -0.05) is 18.2 Å². The zero-order chi connectivity index (χ0) is 13.8. The van der Waals surface area contributed by atoms with Gasteiger partial charge in [0.15, 0.2) is 0 Å². The Morgan fingerprint density at radius 2 is 2.00 bits per heavy atom. The number of halogens is 1. The van der Waals surface area contributed by atoms with Crippen molar-refractivity contribution in [2.24, 2.45) is 0 Å². The van der Waals surface area contributed by atoms with Crippen molar-refractivity contribution in [3.63, 3.8) is 0 Å². The normalized spacial score (nSPS) is 11.6. The Bertz CT molecular complexity index is 530. The van der Waals surface area contributed by atoms with Gasteiger partial charge in [0.2, 0.25) is 10.0 Å². The third-order valence-corrected chi connectivity index (χ3v) is 3.88. The minimum Gasteiger partial charge on any atom is -0.249 e. The Morgan fingerprint density at radius 3 is 2.56 bits per heavy atom. The number of carbonyl (C=O) groups excluding carboxylic acids is 1. The van der Waals surface area contributed by atoms with Crippen molar-refractivity contribution in [3.8, 4) is 0 Å². The first kappa shape index (κ1) is 14.6. The van der Waals surface area contributed by atoms with Crippen LogP contribution < -0.4 is 0 Å². The van der Waals surface area contributed by atoms with Crippen LogP contribution in [-0.4, -0.2) is 38.5 Å². The van der Waals surface area contributed by atoms with Crippen molar-refractivity contribution >= 4 is 16.0 Å². The Hall–Kier alpha value is -1.47. The van der Waals surface area contributed by atoms with E-state index in [4.69, 9.17) is 0 Å². The zero-order valence-corrected chi connectivity index (χ0v) is 10.9. The van der Waals surface area contributed by atoms with Crippen LogP contribution in [0.3, 0.4) is 0 Å². The molecule has 100 valence electrons. The lowest BCUT2D eigenvalue weighted by molar-refractivity contribution is -0.0788. The van der Waals surface area contributed by atoms with Crippen LogP contribution in [0.15, 0.2) is 24.3 Å². The van der Waals surface area contributed by atoms with Gasteiger partial charge in [0, 0.05) is 18.1 Å². The summed E-state index contributed by atoms with van der Waals surface area (Å²) < 4.78 is 35.4. The van der Waals surface area contributed by atoms with Crippen molar-refractivity contribution < 1.29 is 22.7 Å². The number of nitrogens with zero attached hydrogens (tertiary/aromatic N) is 1. The molecular formula is C11H14FNO4S. The summed E-state index contributed by atoms with van der Waals surface area (Å²) in [5.74, 6) is -1.08. The highest BCUT2D eigenvalue weighted by Crippen LogP contribution is 2.12. The summed E-state index contributed by atoms with van der Waals surface area (Å²) in [6, 6.07) is 6.32. The van der Waals surface area contributed by atoms with E-state index in [0.29, 0.717) is 12.0 Å². The molecule has 0 radical (unpaired) electrons. The molecule has 0 atom stereocenters. The molecular weight excluding hydrogens is 261 g/mol. The van der Waals surface area contributed by atoms with Crippen molar-refractivity contribution in [1.29, 1.82) is 0 Å². The molecule has 5 nitrogen and oxygen atoms in total. The highest BCUT2D eigenvalue weighted by molar-refractivity contribution is 7.88. The standard InChI is InChI=1S/C11H14FNO4S/c1-13(18(2,15)16)8-7-9-5-3-4-6-10(9)11(14)17-12/h3-6H,7-8H2,1-2H3. The van der Waals surface area contributed by atoms with Crippen molar-refractivity contribution in [2.45, 2.75) is 6.42 Å². The monoisotopic (exact) mass is 275 g/mol. The second-order valence-corrected chi connectivity index (χ2v) is 5.95. The number of sulfonamides is 1. The van der Waals surface area contributed by atoms with Crippen LogP contribution in [0.5, 0.6) is 0 Å². The summed E-state index contributed by atoms with van der Waals surface area (Å²) in [6.45, 7) is 0.204. The second kappa shape index (κ2) is 5.92. The molecule has 0 saturated carbocycles. The molecule has 0 unspecified atom stereocenters. The summed E-state index contributed by atoms with van der Waals surface area (Å²) >= 11 is 0. The summed E-state index contributed by atoms with van der Waals surface area (Å²) in [5, 5.41) is 0. The second-order valence-electron chi connectivity index (χ2n) is 3.86. The van der Waals surface area contributed by atoms with E-state index in [9.17, 15) is 17.7 Å². The molecule has 0 fully saturated rings. The molecule has 0 aliphatic rings. The first-order valence-corrected chi connectivity index (χ1v) is 7.03. The third-order valence-electron chi connectivity index (χ3n) is 2.57. The van der Waals surface area contributed by atoms with Crippen LogP contribution in [-0.2, 0) is 21.4 Å². The van der Waals surface area contributed by atoms with E-state index in [-0.39, 0.29) is 12.1 Å². The number of carbonyl (C=O) groups is 1. The Kier molecular flexibility index (Phi) is 4.80. The largest absolute Gasteiger partial charge is 0.379 e. The van der Waals surface area contributed by atoms with Gasteiger partial charge >= 0.3 is 5.97 Å². The minimum atomic E-state index is -3.27. The number of hydrogen-bond donors (Lipinski definition) is 0. The summed E-state index contributed by atoms with van der Waals surface area (Å²) in [4.78, 5) is 14.3. The fraction of sp³-hybridized carbons (Fsp3) is 0.364.